The number of thioether (sulfide) groups is 1. The Labute approximate surface area is 150 Å². The van der Waals surface area contributed by atoms with Crippen molar-refractivity contribution < 1.29 is 13.9 Å². The molecule has 25 heavy (non-hydrogen) atoms. The van der Waals surface area contributed by atoms with Crippen molar-refractivity contribution in [1.29, 1.82) is 0 Å². The van der Waals surface area contributed by atoms with Gasteiger partial charge in [0.05, 0.1) is 12.4 Å². The summed E-state index contributed by atoms with van der Waals surface area (Å²) in [6.07, 6.45) is 0. The van der Waals surface area contributed by atoms with Crippen LogP contribution in [0.2, 0.25) is 0 Å². The Balaban J connectivity index is 1.69. The fourth-order valence-corrected chi connectivity index (χ4v) is 3.03. The molecule has 3 aromatic rings. The fourth-order valence-electron chi connectivity index (χ4n) is 2.26. The third-order valence-corrected chi connectivity index (χ3v) is 4.66. The Morgan fingerprint density at radius 3 is 2.40 bits per heavy atom. The van der Waals surface area contributed by atoms with Crippen LogP contribution in [0, 0.1) is 6.92 Å². The van der Waals surface area contributed by atoms with E-state index in [-0.39, 0.29) is 11.0 Å². The van der Waals surface area contributed by atoms with Gasteiger partial charge < -0.3 is 9.15 Å². The van der Waals surface area contributed by atoms with Gasteiger partial charge in [-0.15, -0.1) is 10.2 Å². The van der Waals surface area contributed by atoms with E-state index in [1.165, 1.54) is 11.8 Å². The first-order valence-electron chi connectivity index (χ1n) is 7.82. The topological polar surface area (TPSA) is 65.2 Å². The Kier molecular flexibility index (Phi) is 5.19. The lowest BCUT2D eigenvalue weighted by atomic mass is 10.1. The van der Waals surface area contributed by atoms with Crippen LogP contribution in [0.25, 0.3) is 11.5 Å². The summed E-state index contributed by atoms with van der Waals surface area (Å²) in [5.74, 6) is 1.21. The number of hydrogen-bond acceptors (Lipinski definition) is 6. The van der Waals surface area contributed by atoms with Crippen molar-refractivity contribution >= 4 is 17.5 Å². The largest absolute Gasteiger partial charge is 0.497 e. The van der Waals surface area contributed by atoms with Crippen molar-refractivity contribution in [2.75, 3.05) is 7.11 Å². The van der Waals surface area contributed by atoms with E-state index in [0.717, 1.165) is 16.9 Å². The normalized spacial score (nSPS) is 12.0. The highest BCUT2D eigenvalue weighted by atomic mass is 32.2. The maximum absolute atomic E-state index is 12.5. The van der Waals surface area contributed by atoms with Crippen LogP contribution in [0.1, 0.15) is 22.8 Å². The number of ether oxygens (including phenoxy) is 1. The molecular formula is C19H18N2O3S. The molecule has 0 unspecified atom stereocenters. The first-order valence-corrected chi connectivity index (χ1v) is 8.70. The van der Waals surface area contributed by atoms with E-state index >= 15 is 0 Å². The van der Waals surface area contributed by atoms with Crippen LogP contribution in [0.5, 0.6) is 5.75 Å². The first-order chi connectivity index (χ1) is 12.1. The molecule has 1 aromatic heterocycles. The first kappa shape index (κ1) is 17.2. The summed E-state index contributed by atoms with van der Waals surface area (Å²) in [5, 5.41) is 8.14. The molecule has 1 atom stereocenters. The van der Waals surface area contributed by atoms with Crippen LogP contribution >= 0.6 is 11.8 Å². The minimum absolute atomic E-state index is 0.0363. The van der Waals surface area contributed by atoms with Crippen molar-refractivity contribution in [2.45, 2.75) is 24.3 Å². The number of methoxy groups -OCH3 is 1. The lowest BCUT2D eigenvalue weighted by Crippen LogP contribution is -2.13. The van der Waals surface area contributed by atoms with E-state index in [1.807, 2.05) is 62.4 Å². The quantitative estimate of drug-likeness (QED) is 0.482. The van der Waals surface area contributed by atoms with Crippen LogP contribution in [-0.4, -0.2) is 28.3 Å². The van der Waals surface area contributed by atoms with E-state index < -0.39 is 0 Å². The molecule has 0 radical (unpaired) electrons. The van der Waals surface area contributed by atoms with Gasteiger partial charge in [0.2, 0.25) is 5.89 Å². The van der Waals surface area contributed by atoms with Crippen LogP contribution < -0.4 is 4.74 Å². The van der Waals surface area contributed by atoms with Crippen molar-refractivity contribution in [3.8, 4) is 17.2 Å². The van der Waals surface area contributed by atoms with Crippen molar-refractivity contribution in [3.63, 3.8) is 0 Å². The van der Waals surface area contributed by atoms with Crippen LogP contribution in [-0.2, 0) is 0 Å². The Bertz CT molecular complexity index is 857. The number of aryl methyl sites for hydroxylation is 1. The summed E-state index contributed by atoms with van der Waals surface area (Å²) in [4.78, 5) is 12.5. The third-order valence-electron chi connectivity index (χ3n) is 3.73. The summed E-state index contributed by atoms with van der Waals surface area (Å²) in [7, 11) is 1.61. The number of nitrogens with zero attached hydrogens (tertiary/aromatic N) is 2. The number of carbonyl (C=O) groups excluding carboxylic acids is 1. The molecular weight excluding hydrogens is 336 g/mol. The van der Waals surface area contributed by atoms with Gasteiger partial charge in [0.1, 0.15) is 5.75 Å². The molecule has 0 saturated heterocycles. The van der Waals surface area contributed by atoms with Gasteiger partial charge in [-0.1, -0.05) is 41.6 Å². The maximum Gasteiger partial charge on any atom is 0.277 e. The molecule has 1 heterocycles. The predicted molar refractivity (Wildman–Crippen MR) is 97.1 cm³/mol. The molecule has 0 amide bonds. The van der Waals surface area contributed by atoms with Crippen LogP contribution in [0.15, 0.2) is 58.2 Å². The van der Waals surface area contributed by atoms with E-state index in [1.54, 1.807) is 7.11 Å². The highest BCUT2D eigenvalue weighted by Crippen LogP contribution is 2.28. The van der Waals surface area contributed by atoms with E-state index in [2.05, 4.69) is 10.2 Å². The second-order valence-corrected chi connectivity index (χ2v) is 6.88. The number of benzene rings is 2. The Morgan fingerprint density at radius 1 is 1.08 bits per heavy atom. The average molecular weight is 354 g/mol. The zero-order valence-electron chi connectivity index (χ0n) is 14.2. The van der Waals surface area contributed by atoms with Gasteiger partial charge in [0.15, 0.2) is 5.78 Å². The van der Waals surface area contributed by atoms with E-state index in [9.17, 15) is 4.79 Å². The van der Waals surface area contributed by atoms with Crippen LogP contribution in [0.4, 0.5) is 0 Å². The molecule has 6 heteroatoms. The van der Waals surface area contributed by atoms with Gasteiger partial charge in [-0.2, -0.15) is 0 Å². The summed E-state index contributed by atoms with van der Waals surface area (Å²) in [5.41, 5.74) is 2.61. The second kappa shape index (κ2) is 7.53. The fraction of sp³-hybridized carbons (Fsp3) is 0.211. The molecule has 0 spiro atoms. The highest BCUT2D eigenvalue weighted by Gasteiger charge is 2.20. The molecule has 0 saturated carbocycles. The van der Waals surface area contributed by atoms with Gasteiger partial charge in [-0.3, -0.25) is 4.79 Å². The third kappa shape index (κ3) is 4.09. The number of ketones is 1. The average Bonchev–Trinajstić information content (AvgIpc) is 3.10. The smallest absolute Gasteiger partial charge is 0.277 e. The lowest BCUT2D eigenvalue weighted by Gasteiger charge is -2.07. The summed E-state index contributed by atoms with van der Waals surface area (Å²) < 4.78 is 10.8. The van der Waals surface area contributed by atoms with E-state index in [4.69, 9.17) is 9.15 Å². The lowest BCUT2D eigenvalue weighted by molar-refractivity contribution is 0.0993. The second-order valence-electron chi connectivity index (χ2n) is 5.59. The SMILES string of the molecule is COc1ccc(-c2nnc(S[C@@H](C)C(=O)c3ccc(C)cc3)o2)cc1. The number of aromatic nitrogens is 2. The van der Waals surface area contributed by atoms with Gasteiger partial charge in [0.25, 0.3) is 5.22 Å². The molecule has 3 rings (SSSR count). The molecule has 0 fully saturated rings. The van der Waals surface area contributed by atoms with Gasteiger partial charge in [-0.05, 0) is 38.1 Å². The monoisotopic (exact) mass is 354 g/mol. The summed E-state index contributed by atoms with van der Waals surface area (Å²) in [6, 6.07) is 14.9. The number of hydrogen-bond donors (Lipinski definition) is 0. The Hall–Kier alpha value is -2.60. The Morgan fingerprint density at radius 2 is 1.76 bits per heavy atom. The summed E-state index contributed by atoms with van der Waals surface area (Å²) >= 11 is 1.26. The van der Waals surface area contributed by atoms with Crippen molar-refractivity contribution in [3.05, 3.63) is 59.7 Å². The number of rotatable bonds is 6. The zero-order chi connectivity index (χ0) is 17.8. The minimum atomic E-state index is -0.313. The predicted octanol–water partition coefficient (Wildman–Crippen LogP) is 4.42. The molecule has 2 aromatic carbocycles. The highest BCUT2D eigenvalue weighted by molar-refractivity contribution is 8.00. The molecule has 5 nitrogen and oxygen atoms in total. The van der Waals surface area contributed by atoms with Crippen molar-refractivity contribution in [2.24, 2.45) is 0 Å². The van der Waals surface area contributed by atoms with Gasteiger partial charge in [-0.25, -0.2) is 0 Å². The standard InChI is InChI=1S/C19H18N2O3S/c1-12-4-6-14(7-5-12)17(22)13(2)25-19-21-20-18(24-19)15-8-10-16(23-3)11-9-15/h4-11,13H,1-3H3/t13-/m0/s1. The van der Waals surface area contributed by atoms with Gasteiger partial charge in [0, 0.05) is 11.1 Å². The maximum atomic E-state index is 12.5. The molecule has 0 aliphatic rings. The molecule has 0 aliphatic heterocycles. The summed E-state index contributed by atoms with van der Waals surface area (Å²) in [6.45, 7) is 3.83. The molecule has 0 bridgehead atoms. The number of carbonyl (C=O) groups is 1. The van der Waals surface area contributed by atoms with Crippen molar-refractivity contribution in [1.82, 2.24) is 10.2 Å². The number of Topliss-reactive ketones (excluding diaryl/α,β-unsaturated/α-hetero) is 1. The zero-order valence-corrected chi connectivity index (χ0v) is 15.0. The van der Waals surface area contributed by atoms with Gasteiger partial charge >= 0.3 is 0 Å². The molecule has 0 N–H and O–H groups in total. The van der Waals surface area contributed by atoms with Crippen LogP contribution in [0.3, 0.4) is 0 Å². The van der Waals surface area contributed by atoms with E-state index in [0.29, 0.717) is 16.7 Å². The molecule has 0 aliphatic carbocycles. The minimum Gasteiger partial charge on any atom is -0.497 e. The molecule has 128 valence electrons.